The minimum atomic E-state index is -4.54. The molecule has 0 radical (unpaired) electrons. The summed E-state index contributed by atoms with van der Waals surface area (Å²) in [5.74, 6) is 0.0716. The normalized spacial score (nSPS) is 13.6. The van der Waals surface area contributed by atoms with Crippen LogP contribution in [0.25, 0.3) is 22.0 Å². The monoisotopic (exact) mass is 528 g/mol. The minimum Gasteiger partial charge on any atom is -0.480 e. The second-order valence-electron chi connectivity index (χ2n) is 8.46. The first kappa shape index (κ1) is 24.7. The lowest BCUT2D eigenvalue weighted by Crippen LogP contribution is -2.33. The van der Waals surface area contributed by atoms with E-state index in [9.17, 15) is 18.3 Å². The quantitative estimate of drug-likeness (QED) is 0.355. The number of hydrogen-bond donors (Lipinski definition) is 1. The first-order chi connectivity index (χ1) is 17.6. The van der Waals surface area contributed by atoms with Crippen LogP contribution in [0.3, 0.4) is 0 Å². The van der Waals surface area contributed by atoms with Crippen molar-refractivity contribution in [3.05, 3.63) is 88.7 Å². The van der Waals surface area contributed by atoms with E-state index >= 15 is 0 Å². The van der Waals surface area contributed by atoms with Gasteiger partial charge in [0.1, 0.15) is 5.69 Å². The molecule has 37 heavy (non-hydrogen) atoms. The summed E-state index contributed by atoms with van der Waals surface area (Å²) in [6.07, 6.45) is -0.0154. The summed E-state index contributed by atoms with van der Waals surface area (Å²) in [5.41, 5.74) is -0.544. The number of rotatable bonds is 5. The van der Waals surface area contributed by atoms with E-state index in [1.165, 1.54) is 36.3 Å². The molecule has 2 aromatic carbocycles. The van der Waals surface area contributed by atoms with Crippen LogP contribution in [0.5, 0.6) is 5.88 Å². The number of alkyl halides is 3. The molecule has 1 unspecified atom stereocenters. The van der Waals surface area contributed by atoms with Crippen LogP contribution in [0, 0.1) is 0 Å². The maximum Gasteiger partial charge on any atom is 0.416 e. The zero-order chi connectivity index (χ0) is 26.5. The Morgan fingerprint density at radius 1 is 1.00 bits per heavy atom. The molecule has 0 aliphatic rings. The summed E-state index contributed by atoms with van der Waals surface area (Å²) in [6, 6.07) is 9.74. The lowest BCUT2D eigenvalue weighted by atomic mass is 9.86. The fraction of sp³-hybridized carbons (Fsp3) is 0.200. The predicted molar refractivity (Wildman–Crippen MR) is 130 cm³/mol. The number of nitrogens with zero attached hydrogens (tertiary/aromatic N) is 6. The average Bonchev–Trinajstić information content (AvgIpc) is 3.51. The second kappa shape index (κ2) is 8.86. The van der Waals surface area contributed by atoms with Crippen molar-refractivity contribution in [2.24, 2.45) is 14.1 Å². The zero-order valence-corrected chi connectivity index (χ0v) is 20.6. The first-order valence-electron chi connectivity index (χ1n) is 11.0. The summed E-state index contributed by atoms with van der Waals surface area (Å²) < 4.78 is 48.7. The maximum atomic E-state index is 13.4. The number of aliphatic hydroxyl groups is 1. The smallest absolute Gasteiger partial charge is 0.416 e. The van der Waals surface area contributed by atoms with Gasteiger partial charge in [0, 0.05) is 19.5 Å². The number of aromatic nitrogens is 6. The van der Waals surface area contributed by atoms with Crippen LogP contribution >= 0.6 is 11.6 Å². The van der Waals surface area contributed by atoms with Crippen LogP contribution in [0.4, 0.5) is 13.2 Å². The van der Waals surface area contributed by atoms with Crippen LogP contribution in [0.15, 0.2) is 61.2 Å². The summed E-state index contributed by atoms with van der Waals surface area (Å²) in [5, 5.41) is 20.6. The van der Waals surface area contributed by atoms with Gasteiger partial charge >= 0.3 is 6.18 Å². The molecule has 3 aromatic heterocycles. The van der Waals surface area contributed by atoms with Gasteiger partial charge < -0.3 is 14.4 Å². The number of benzene rings is 2. The number of pyridine rings is 1. The third-order valence-electron chi connectivity index (χ3n) is 6.25. The van der Waals surface area contributed by atoms with Crippen molar-refractivity contribution in [2.45, 2.75) is 11.8 Å². The number of methoxy groups -OCH3 is 1. The van der Waals surface area contributed by atoms with Crippen molar-refractivity contribution < 1.29 is 23.0 Å². The number of halogens is 4. The van der Waals surface area contributed by atoms with Crippen LogP contribution in [0.1, 0.15) is 22.5 Å². The SMILES string of the molecule is COc1nc2ccc(C(O)(c3cncn3C)c3cnnn3C)cc2c(Cl)c1-c1cccc(C(F)(F)F)c1. The molecule has 12 heteroatoms. The van der Waals surface area contributed by atoms with Gasteiger partial charge in [-0.25, -0.2) is 14.6 Å². The average molecular weight is 529 g/mol. The molecule has 0 spiro atoms. The Balaban J connectivity index is 1.78. The molecule has 1 atom stereocenters. The van der Waals surface area contributed by atoms with Gasteiger partial charge in [0.05, 0.1) is 53.2 Å². The molecule has 3 heterocycles. The summed E-state index contributed by atoms with van der Waals surface area (Å²) in [7, 11) is 4.76. The number of imidazole rings is 1. The molecule has 0 aliphatic carbocycles. The highest BCUT2D eigenvalue weighted by Gasteiger charge is 2.40. The van der Waals surface area contributed by atoms with E-state index in [4.69, 9.17) is 16.3 Å². The number of aryl methyl sites for hydroxylation is 2. The van der Waals surface area contributed by atoms with Crippen molar-refractivity contribution in [3.63, 3.8) is 0 Å². The third kappa shape index (κ3) is 4.00. The van der Waals surface area contributed by atoms with Crippen LogP contribution in [-0.4, -0.2) is 41.7 Å². The molecule has 190 valence electrons. The molecule has 0 bridgehead atoms. The Kier molecular flexibility index (Phi) is 5.92. The number of hydrogen-bond acceptors (Lipinski definition) is 6. The van der Waals surface area contributed by atoms with Crippen molar-refractivity contribution in [3.8, 4) is 17.0 Å². The largest absolute Gasteiger partial charge is 0.480 e. The molecule has 0 aliphatic heterocycles. The van der Waals surface area contributed by atoms with E-state index in [-0.39, 0.29) is 22.0 Å². The summed E-state index contributed by atoms with van der Waals surface area (Å²) in [6.45, 7) is 0. The zero-order valence-electron chi connectivity index (χ0n) is 19.8. The van der Waals surface area contributed by atoms with Crippen molar-refractivity contribution in [2.75, 3.05) is 7.11 Å². The Bertz CT molecular complexity index is 1590. The molecule has 8 nitrogen and oxygen atoms in total. The van der Waals surface area contributed by atoms with Gasteiger partial charge in [0.25, 0.3) is 0 Å². The van der Waals surface area contributed by atoms with Crippen molar-refractivity contribution in [1.29, 1.82) is 0 Å². The number of ether oxygens (including phenoxy) is 1. The Hall–Kier alpha value is -3.96. The van der Waals surface area contributed by atoms with Crippen molar-refractivity contribution >= 4 is 22.5 Å². The van der Waals surface area contributed by atoms with E-state index in [1.54, 1.807) is 43.2 Å². The molecule has 0 saturated heterocycles. The first-order valence-corrected chi connectivity index (χ1v) is 11.3. The fourth-order valence-corrected chi connectivity index (χ4v) is 4.77. The highest BCUT2D eigenvalue weighted by molar-refractivity contribution is 6.38. The van der Waals surface area contributed by atoms with E-state index in [0.29, 0.717) is 27.9 Å². The molecule has 0 amide bonds. The number of fused-ring (bicyclic) bond motifs is 1. The highest BCUT2D eigenvalue weighted by atomic mass is 35.5. The maximum absolute atomic E-state index is 13.4. The lowest BCUT2D eigenvalue weighted by Gasteiger charge is -2.29. The fourth-order valence-electron chi connectivity index (χ4n) is 4.43. The summed E-state index contributed by atoms with van der Waals surface area (Å²) >= 11 is 6.83. The molecule has 5 aromatic rings. The third-order valence-corrected chi connectivity index (χ3v) is 6.64. The van der Waals surface area contributed by atoms with Gasteiger partial charge in [0.15, 0.2) is 5.60 Å². The molecule has 1 N–H and O–H groups in total. The highest BCUT2D eigenvalue weighted by Crippen LogP contribution is 2.44. The Morgan fingerprint density at radius 2 is 1.78 bits per heavy atom. The van der Waals surface area contributed by atoms with Crippen LogP contribution in [0.2, 0.25) is 5.02 Å². The molecule has 0 saturated carbocycles. The molecule has 0 fully saturated rings. The Morgan fingerprint density at radius 3 is 2.41 bits per heavy atom. The topological polar surface area (TPSA) is 90.9 Å². The van der Waals surface area contributed by atoms with Gasteiger partial charge in [-0.3, -0.25) is 0 Å². The van der Waals surface area contributed by atoms with E-state index in [0.717, 1.165) is 12.1 Å². The van der Waals surface area contributed by atoms with Gasteiger partial charge in [-0.15, -0.1) is 5.10 Å². The van der Waals surface area contributed by atoms with Gasteiger partial charge in [-0.05, 0) is 35.4 Å². The Labute approximate surface area is 213 Å². The molecule has 5 rings (SSSR count). The predicted octanol–water partition coefficient (Wildman–Crippen LogP) is 4.73. The van der Waals surface area contributed by atoms with E-state index in [2.05, 4.69) is 20.3 Å². The van der Waals surface area contributed by atoms with Crippen molar-refractivity contribution in [1.82, 2.24) is 29.5 Å². The van der Waals surface area contributed by atoms with E-state index in [1.807, 2.05) is 0 Å². The van der Waals surface area contributed by atoms with Crippen LogP contribution in [-0.2, 0) is 25.9 Å². The van der Waals surface area contributed by atoms with Gasteiger partial charge in [0.2, 0.25) is 5.88 Å². The van der Waals surface area contributed by atoms with Gasteiger partial charge in [-0.1, -0.05) is 35.0 Å². The standard InChI is InChI=1S/C25H20ClF3N6O2/c1-34-13-30-11-19(34)24(36,20-12-31-33-35(20)2)15-7-8-18-17(10-15)22(26)21(23(32-18)37-3)14-5-4-6-16(9-14)25(27,28)29/h4-13,36H,1-3H3. The van der Waals surface area contributed by atoms with Crippen LogP contribution < -0.4 is 4.74 Å². The molecular formula is C25H20ClF3N6O2. The van der Waals surface area contributed by atoms with E-state index < -0.39 is 17.3 Å². The summed E-state index contributed by atoms with van der Waals surface area (Å²) in [4.78, 5) is 8.63. The second-order valence-corrected chi connectivity index (χ2v) is 8.84. The van der Waals surface area contributed by atoms with Gasteiger partial charge in [-0.2, -0.15) is 13.2 Å². The molecular weight excluding hydrogens is 509 g/mol. The minimum absolute atomic E-state index is 0.0716. The lowest BCUT2D eigenvalue weighted by molar-refractivity contribution is -0.137.